The van der Waals surface area contributed by atoms with Crippen molar-refractivity contribution in [3.63, 3.8) is 0 Å². The highest BCUT2D eigenvalue weighted by Crippen LogP contribution is 2.42. The van der Waals surface area contributed by atoms with Crippen LogP contribution in [0.2, 0.25) is 5.02 Å². The monoisotopic (exact) mass is 288 g/mol. The first-order chi connectivity index (χ1) is 8.96. The van der Waals surface area contributed by atoms with E-state index in [9.17, 15) is 10.5 Å². The van der Waals surface area contributed by atoms with Crippen molar-refractivity contribution in [1.82, 2.24) is 0 Å². The first-order valence-electron chi connectivity index (χ1n) is 6.64. The van der Waals surface area contributed by atoms with Crippen molar-refractivity contribution in [2.75, 3.05) is 0 Å². The van der Waals surface area contributed by atoms with Crippen molar-refractivity contribution in [2.45, 2.75) is 59.3 Å². The Labute approximate surface area is 127 Å². The molecule has 0 atom stereocenters. The van der Waals surface area contributed by atoms with E-state index in [2.05, 4.69) is 32.9 Å². The molecule has 0 bridgehead atoms. The Morgan fingerprint density at radius 3 is 1.45 bits per heavy atom. The first-order valence-corrected chi connectivity index (χ1v) is 7.01. The van der Waals surface area contributed by atoms with Crippen LogP contribution < -0.4 is 0 Å². The normalized spacial score (nSPS) is 11.9. The molecule has 0 spiro atoms. The minimum absolute atomic E-state index is 0.228. The number of rotatable bonds is 0. The number of nitriles is 2. The van der Waals surface area contributed by atoms with Crippen LogP contribution in [0.15, 0.2) is 0 Å². The second-order valence-electron chi connectivity index (χ2n) is 7.16. The SMILES string of the molecule is Cc1c(Cl)c(C#N)c(C(C)(C)C)c(C(C)(C)C)c1C#N. The zero-order valence-corrected chi connectivity index (χ0v) is 14.0. The molecular formula is C17H21ClN2. The average molecular weight is 289 g/mol. The van der Waals surface area contributed by atoms with E-state index in [1.807, 2.05) is 27.7 Å². The molecule has 3 heteroatoms. The predicted molar refractivity (Wildman–Crippen MR) is 83.0 cm³/mol. The highest BCUT2D eigenvalue weighted by molar-refractivity contribution is 6.32. The summed E-state index contributed by atoms with van der Waals surface area (Å²) < 4.78 is 0. The van der Waals surface area contributed by atoms with E-state index in [0.29, 0.717) is 21.7 Å². The van der Waals surface area contributed by atoms with Gasteiger partial charge >= 0.3 is 0 Å². The minimum atomic E-state index is -0.253. The topological polar surface area (TPSA) is 47.6 Å². The van der Waals surface area contributed by atoms with Gasteiger partial charge in [-0.25, -0.2) is 0 Å². The van der Waals surface area contributed by atoms with Crippen molar-refractivity contribution in [1.29, 1.82) is 10.5 Å². The zero-order chi connectivity index (χ0) is 15.9. The summed E-state index contributed by atoms with van der Waals surface area (Å²) in [4.78, 5) is 0. The molecule has 1 rings (SSSR count). The molecule has 2 nitrogen and oxygen atoms in total. The van der Waals surface area contributed by atoms with Crippen molar-refractivity contribution in [2.24, 2.45) is 0 Å². The van der Waals surface area contributed by atoms with E-state index >= 15 is 0 Å². The molecule has 0 aliphatic carbocycles. The Morgan fingerprint density at radius 1 is 0.800 bits per heavy atom. The third-order valence-electron chi connectivity index (χ3n) is 3.40. The molecule has 0 aliphatic rings. The quantitative estimate of drug-likeness (QED) is 0.675. The van der Waals surface area contributed by atoms with E-state index in [4.69, 9.17) is 11.6 Å². The van der Waals surface area contributed by atoms with E-state index < -0.39 is 0 Å². The van der Waals surface area contributed by atoms with E-state index in [0.717, 1.165) is 11.1 Å². The van der Waals surface area contributed by atoms with Crippen LogP contribution in [0.5, 0.6) is 0 Å². The first kappa shape index (κ1) is 16.5. The molecule has 0 amide bonds. The molecule has 0 heterocycles. The van der Waals surface area contributed by atoms with E-state index in [1.54, 1.807) is 0 Å². The fourth-order valence-corrected chi connectivity index (χ4v) is 2.82. The van der Waals surface area contributed by atoms with E-state index in [1.165, 1.54) is 0 Å². The maximum Gasteiger partial charge on any atom is 0.101 e. The second kappa shape index (κ2) is 5.12. The van der Waals surface area contributed by atoms with Gasteiger partial charge in [0.25, 0.3) is 0 Å². The van der Waals surface area contributed by atoms with Gasteiger partial charge in [-0.15, -0.1) is 0 Å². The highest BCUT2D eigenvalue weighted by atomic mass is 35.5. The van der Waals surface area contributed by atoms with Gasteiger partial charge < -0.3 is 0 Å². The number of nitrogens with zero attached hydrogens (tertiary/aromatic N) is 2. The number of hydrogen-bond donors (Lipinski definition) is 0. The van der Waals surface area contributed by atoms with Crippen LogP contribution >= 0.6 is 11.6 Å². The van der Waals surface area contributed by atoms with Gasteiger partial charge in [0.15, 0.2) is 0 Å². The van der Waals surface area contributed by atoms with Gasteiger partial charge in [0, 0.05) is 0 Å². The van der Waals surface area contributed by atoms with Gasteiger partial charge in [0.2, 0.25) is 0 Å². The summed E-state index contributed by atoms with van der Waals surface area (Å²) in [6, 6.07) is 4.51. The van der Waals surface area contributed by atoms with E-state index in [-0.39, 0.29) is 10.8 Å². The van der Waals surface area contributed by atoms with Crippen LogP contribution in [0.3, 0.4) is 0 Å². The average Bonchev–Trinajstić information content (AvgIpc) is 2.28. The largest absolute Gasteiger partial charge is 0.192 e. The van der Waals surface area contributed by atoms with Gasteiger partial charge in [0.1, 0.15) is 6.07 Å². The maximum absolute atomic E-state index is 9.55. The van der Waals surface area contributed by atoms with Gasteiger partial charge in [-0.05, 0) is 34.4 Å². The number of benzene rings is 1. The summed E-state index contributed by atoms with van der Waals surface area (Å²) >= 11 is 6.34. The third kappa shape index (κ3) is 2.67. The smallest absolute Gasteiger partial charge is 0.101 e. The Morgan fingerprint density at radius 2 is 1.15 bits per heavy atom. The van der Waals surface area contributed by atoms with Crippen LogP contribution in [0.1, 0.15) is 69.4 Å². The standard InChI is InChI=1S/C17H21ClN2/c1-10-11(8-19)13(16(2,3)4)14(17(5,6)7)12(9-20)15(10)18/h1-7H3. The minimum Gasteiger partial charge on any atom is -0.192 e. The van der Waals surface area contributed by atoms with Gasteiger partial charge in [-0.1, -0.05) is 53.1 Å². The summed E-state index contributed by atoms with van der Waals surface area (Å²) in [5.41, 5.74) is 3.15. The Balaban J connectivity index is 4.14. The molecule has 0 aromatic heterocycles. The molecule has 106 valence electrons. The Kier molecular flexibility index (Phi) is 4.23. The predicted octanol–water partition coefficient (Wildman–Crippen LogP) is 4.99. The fraction of sp³-hybridized carbons (Fsp3) is 0.529. The number of halogens is 1. The summed E-state index contributed by atoms with van der Waals surface area (Å²) in [7, 11) is 0. The van der Waals surface area contributed by atoms with Gasteiger partial charge in [-0.2, -0.15) is 10.5 Å². The van der Waals surface area contributed by atoms with Crippen LogP contribution in [-0.4, -0.2) is 0 Å². The second-order valence-corrected chi connectivity index (χ2v) is 7.54. The molecule has 0 radical (unpaired) electrons. The lowest BCUT2D eigenvalue weighted by atomic mass is 9.70. The molecule has 0 saturated heterocycles. The molecule has 1 aromatic rings. The highest BCUT2D eigenvalue weighted by Gasteiger charge is 2.33. The lowest BCUT2D eigenvalue weighted by Crippen LogP contribution is -2.26. The molecule has 0 saturated carbocycles. The van der Waals surface area contributed by atoms with Crippen molar-refractivity contribution >= 4 is 11.6 Å². The molecule has 20 heavy (non-hydrogen) atoms. The van der Waals surface area contributed by atoms with Crippen LogP contribution in [0, 0.1) is 29.6 Å². The van der Waals surface area contributed by atoms with Crippen LogP contribution in [0.4, 0.5) is 0 Å². The fourth-order valence-electron chi connectivity index (χ4n) is 2.59. The lowest BCUT2D eigenvalue weighted by molar-refractivity contribution is 0.527. The Hall–Kier alpha value is -1.51. The van der Waals surface area contributed by atoms with Crippen molar-refractivity contribution in [3.05, 3.63) is 32.8 Å². The third-order valence-corrected chi connectivity index (χ3v) is 3.87. The summed E-state index contributed by atoms with van der Waals surface area (Å²) in [5.74, 6) is 0. The molecular weight excluding hydrogens is 268 g/mol. The van der Waals surface area contributed by atoms with Crippen molar-refractivity contribution in [3.8, 4) is 12.1 Å². The maximum atomic E-state index is 9.55. The molecule has 1 aromatic carbocycles. The number of hydrogen-bond acceptors (Lipinski definition) is 2. The van der Waals surface area contributed by atoms with Gasteiger partial charge in [0.05, 0.1) is 22.2 Å². The molecule has 0 N–H and O–H groups in total. The van der Waals surface area contributed by atoms with Crippen LogP contribution in [-0.2, 0) is 10.8 Å². The lowest BCUT2D eigenvalue weighted by Gasteiger charge is -2.33. The summed E-state index contributed by atoms with van der Waals surface area (Å²) in [5, 5.41) is 19.5. The molecule has 0 aliphatic heterocycles. The Bertz CT molecular complexity index is 573. The molecule has 0 unspecified atom stereocenters. The summed E-state index contributed by atoms with van der Waals surface area (Å²) in [6.45, 7) is 14.1. The summed E-state index contributed by atoms with van der Waals surface area (Å²) in [6.07, 6.45) is 0. The zero-order valence-electron chi connectivity index (χ0n) is 13.3. The van der Waals surface area contributed by atoms with Gasteiger partial charge in [-0.3, -0.25) is 0 Å². The molecule has 0 fully saturated rings. The van der Waals surface area contributed by atoms with Crippen LogP contribution in [0.25, 0.3) is 0 Å². The van der Waals surface area contributed by atoms with Crippen molar-refractivity contribution < 1.29 is 0 Å².